The molecule has 0 saturated heterocycles. The predicted octanol–water partition coefficient (Wildman–Crippen LogP) is 3.67. The molecule has 7 heteroatoms. The molecule has 0 bridgehead atoms. The van der Waals surface area contributed by atoms with Crippen molar-refractivity contribution in [3.05, 3.63) is 65.5 Å². The van der Waals surface area contributed by atoms with Gasteiger partial charge in [0.05, 0.1) is 13.0 Å². The van der Waals surface area contributed by atoms with E-state index in [0.717, 1.165) is 23.1 Å². The third kappa shape index (κ3) is 3.47. The Morgan fingerprint density at radius 2 is 2.03 bits per heavy atom. The molecule has 1 aliphatic rings. The fourth-order valence-corrected chi connectivity index (χ4v) is 3.58. The molecule has 3 heterocycles. The lowest BCUT2D eigenvalue weighted by atomic mass is 10.1. The Balaban J connectivity index is 1.23. The summed E-state index contributed by atoms with van der Waals surface area (Å²) in [4.78, 5) is 12.3. The molecule has 0 saturated carbocycles. The van der Waals surface area contributed by atoms with Crippen molar-refractivity contribution in [3.8, 4) is 17.1 Å². The van der Waals surface area contributed by atoms with Crippen molar-refractivity contribution < 1.29 is 18.6 Å². The summed E-state index contributed by atoms with van der Waals surface area (Å²) in [6, 6.07) is 15.3. The second-order valence-electron chi connectivity index (χ2n) is 7.22. The van der Waals surface area contributed by atoms with Crippen LogP contribution >= 0.6 is 0 Å². The Labute approximate surface area is 166 Å². The monoisotopic (exact) mass is 389 g/mol. The maximum atomic E-state index is 12.3. The Kier molecular flexibility index (Phi) is 4.27. The summed E-state index contributed by atoms with van der Waals surface area (Å²) in [6.07, 6.45) is 1.23. The van der Waals surface area contributed by atoms with Gasteiger partial charge in [-0.25, -0.2) is 0 Å². The van der Waals surface area contributed by atoms with Crippen molar-refractivity contribution >= 4 is 16.9 Å². The number of ether oxygens (including phenoxy) is 1. The third-order valence-corrected chi connectivity index (χ3v) is 4.99. The van der Waals surface area contributed by atoms with E-state index in [9.17, 15) is 4.79 Å². The summed E-state index contributed by atoms with van der Waals surface area (Å²) in [5, 5.41) is 11.8. The number of hydrogen-bond donors (Lipinski definition) is 1. The zero-order valence-electron chi connectivity index (χ0n) is 15.8. The van der Waals surface area contributed by atoms with Crippen LogP contribution in [0.25, 0.3) is 22.3 Å². The summed E-state index contributed by atoms with van der Waals surface area (Å²) in [6.45, 7) is 2.33. The van der Waals surface area contributed by atoms with Gasteiger partial charge in [0.2, 0.25) is 5.91 Å². The van der Waals surface area contributed by atoms with Crippen molar-refractivity contribution in [1.82, 2.24) is 15.6 Å². The number of nitrogens with zero attached hydrogens (tertiary/aromatic N) is 2. The van der Waals surface area contributed by atoms with E-state index in [4.69, 9.17) is 13.8 Å². The van der Waals surface area contributed by atoms with Crippen molar-refractivity contribution in [3.63, 3.8) is 0 Å². The summed E-state index contributed by atoms with van der Waals surface area (Å²) in [5.74, 6) is 1.44. The number of hydrogen-bond acceptors (Lipinski definition) is 6. The molecule has 146 valence electrons. The van der Waals surface area contributed by atoms with Gasteiger partial charge in [-0.1, -0.05) is 22.4 Å². The van der Waals surface area contributed by atoms with Gasteiger partial charge < -0.3 is 19.1 Å². The first-order chi connectivity index (χ1) is 14.2. The Morgan fingerprint density at radius 1 is 1.14 bits per heavy atom. The van der Waals surface area contributed by atoms with Gasteiger partial charge in [0.15, 0.2) is 11.3 Å². The molecule has 1 amide bonds. The maximum Gasteiger partial charge on any atom is 0.226 e. The van der Waals surface area contributed by atoms with E-state index < -0.39 is 0 Å². The van der Waals surface area contributed by atoms with Crippen LogP contribution in [-0.4, -0.2) is 22.3 Å². The fourth-order valence-electron chi connectivity index (χ4n) is 3.58. The second kappa shape index (κ2) is 7.09. The SMILES string of the molecule is CC1Cc2cc(-c3cc(CNC(=O)Cc4noc5ccccc45)no3)ccc2O1. The minimum absolute atomic E-state index is 0.144. The highest BCUT2D eigenvalue weighted by molar-refractivity contribution is 5.86. The number of fused-ring (bicyclic) bond motifs is 2. The van der Waals surface area contributed by atoms with E-state index in [1.807, 2.05) is 42.5 Å². The molecule has 1 unspecified atom stereocenters. The normalized spacial score (nSPS) is 15.3. The van der Waals surface area contributed by atoms with Crippen LogP contribution in [0.1, 0.15) is 23.9 Å². The Bertz CT molecular complexity index is 1190. The highest BCUT2D eigenvalue weighted by atomic mass is 16.5. The molecule has 7 nitrogen and oxygen atoms in total. The van der Waals surface area contributed by atoms with Crippen LogP contribution in [0, 0.1) is 0 Å². The van der Waals surface area contributed by atoms with Crippen LogP contribution in [0.3, 0.4) is 0 Å². The van der Waals surface area contributed by atoms with Crippen LogP contribution in [0.15, 0.2) is 57.6 Å². The molecular weight excluding hydrogens is 370 g/mol. The van der Waals surface area contributed by atoms with Crippen molar-refractivity contribution in [2.45, 2.75) is 32.4 Å². The molecule has 1 atom stereocenters. The highest BCUT2D eigenvalue weighted by Gasteiger charge is 2.20. The molecule has 0 aliphatic carbocycles. The molecule has 4 aromatic rings. The number of carbonyl (C=O) groups is 1. The van der Waals surface area contributed by atoms with Gasteiger partial charge in [0.25, 0.3) is 0 Å². The Morgan fingerprint density at radius 3 is 2.97 bits per heavy atom. The standard InChI is InChI=1S/C22H19N3O4/c1-13-8-15-9-14(6-7-19(15)27-13)21-10-16(24-29-21)12-23-22(26)11-18-17-4-2-3-5-20(17)28-25-18/h2-7,9-10,13H,8,11-12H2,1H3,(H,23,26). The molecule has 2 aromatic heterocycles. The van der Waals surface area contributed by atoms with E-state index in [0.29, 0.717) is 22.7 Å². The van der Waals surface area contributed by atoms with Gasteiger partial charge in [-0.15, -0.1) is 0 Å². The van der Waals surface area contributed by atoms with Crippen molar-refractivity contribution in [2.75, 3.05) is 0 Å². The average Bonchev–Trinajstić information content (AvgIpc) is 3.44. The Hall–Kier alpha value is -3.61. The molecule has 5 rings (SSSR count). The van der Waals surface area contributed by atoms with E-state index >= 15 is 0 Å². The number of rotatable bonds is 5. The molecule has 0 radical (unpaired) electrons. The van der Waals surface area contributed by atoms with Crippen molar-refractivity contribution in [2.24, 2.45) is 0 Å². The van der Waals surface area contributed by atoms with Gasteiger partial charge >= 0.3 is 0 Å². The topological polar surface area (TPSA) is 90.4 Å². The number of nitrogens with one attached hydrogen (secondary N) is 1. The quantitative estimate of drug-likeness (QED) is 0.560. The fraction of sp³-hybridized carbons (Fsp3) is 0.227. The molecule has 29 heavy (non-hydrogen) atoms. The average molecular weight is 389 g/mol. The second-order valence-corrected chi connectivity index (χ2v) is 7.22. The summed E-state index contributed by atoms with van der Waals surface area (Å²) in [5.41, 5.74) is 4.06. The van der Waals surface area contributed by atoms with Crippen LogP contribution in [0.5, 0.6) is 5.75 Å². The molecule has 1 N–H and O–H groups in total. The number of aromatic nitrogens is 2. The van der Waals surface area contributed by atoms with E-state index in [2.05, 4.69) is 28.6 Å². The van der Waals surface area contributed by atoms with E-state index in [-0.39, 0.29) is 25.0 Å². The number of amides is 1. The first kappa shape index (κ1) is 17.5. The number of para-hydroxylation sites is 1. The van der Waals surface area contributed by atoms with Crippen LogP contribution in [0.2, 0.25) is 0 Å². The van der Waals surface area contributed by atoms with Gasteiger partial charge in [-0.05, 0) is 42.8 Å². The molecule has 0 fully saturated rings. The van der Waals surface area contributed by atoms with Crippen LogP contribution < -0.4 is 10.1 Å². The lowest BCUT2D eigenvalue weighted by Crippen LogP contribution is -2.24. The number of carbonyl (C=O) groups excluding carboxylic acids is 1. The smallest absolute Gasteiger partial charge is 0.226 e. The summed E-state index contributed by atoms with van der Waals surface area (Å²) >= 11 is 0. The van der Waals surface area contributed by atoms with E-state index in [1.165, 1.54) is 5.56 Å². The lowest BCUT2D eigenvalue weighted by molar-refractivity contribution is -0.120. The molecule has 0 spiro atoms. The van der Waals surface area contributed by atoms with Gasteiger partial charge in [-0.3, -0.25) is 4.79 Å². The molecular formula is C22H19N3O4. The number of benzene rings is 2. The zero-order chi connectivity index (χ0) is 19.8. The maximum absolute atomic E-state index is 12.3. The first-order valence-electron chi connectivity index (χ1n) is 9.51. The first-order valence-corrected chi connectivity index (χ1v) is 9.51. The van der Waals surface area contributed by atoms with Gasteiger partial charge in [-0.2, -0.15) is 0 Å². The highest BCUT2D eigenvalue weighted by Crippen LogP contribution is 2.33. The summed E-state index contributed by atoms with van der Waals surface area (Å²) in [7, 11) is 0. The predicted molar refractivity (Wildman–Crippen MR) is 105 cm³/mol. The van der Waals surface area contributed by atoms with Crippen LogP contribution in [0.4, 0.5) is 0 Å². The van der Waals surface area contributed by atoms with Gasteiger partial charge in [0, 0.05) is 23.4 Å². The molecule has 1 aliphatic heterocycles. The van der Waals surface area contributed by atoms with Crippen LogP contribution in [-0.2, 0) is 24.2 Å². The lowest BCUT2D eigenvalue weighted by Gasteiger charge is -2.02. The summed E-state index contributed by atoms with van der Waals surface area (Å²) < 4.78 is 16.4. The third-order valence-electron chi connectivity index (χ3n) is 4.99. The zero-order valence-corrected chi connectivity index (χ0v) is 15.8. The minimum Gasteiger partial charge on any atom is -0.490 e. The minimum atomic E-state index is -0.155. The molecule has 2 aromatic carbocycles. The van der Waals surface area contributed by atoms with Gasteiger partial charge in [0.1, 0.15) is 23.2 Å². The largest absolute Gasteiger partial charge is 0.490 e. The van der Waals surface area contributed by atoms with E-state index in [1.54, 1.807) is 0 Å². The van der Waals surface area contributed by atoms with Crippen molar-refractivity contribution in [1.29, 1.82) is 0 Å².